The molecule has 0 aliphatic carbocycles. The van der Waals surface area contributed by atoms with Crippen LogP contribution < -0.4 is 4.74 Å². The van der Waals surface area contributed by atoms with Crippen LogP contribution in [-0.2, 0) is 23.4 Å². The maximum absolute atomic E-state index is 13.4. The van der Waals surface area contributed by atoms with Gasteiger partial charge in [0.1, 0.15) is 18.0 Å². The Hall–Kier alpha value is -1.21. The number of fused-ring (bicyclic) bond motifs is 1. The summed E-state index contributed by atoms with van der Waals surface area (Å²) in [5.74, 6) is 0.533. The second-order valence-corrected chi connectivity index (χ2v) is 6.80. The maximum Gasteiger partial charge on any atom is 0.375 e. The first kappa shape index (κ1) is 15.2. The van der Waals surface area contributed by atoms with Crippen LogP contribution in [0.5, 0.6) is 5.75 Å². The molecule has 20 heavy (non-hydrogen) atoms. The predicted molar refractivity (Wildman–Crippen MR) is 71.3 cm³/mol. The first-order valence-corrected chi connectivity index (χ1v) is 7.62. The van der Waals surface area contributed by atoms with Crippen molar-refractivity contribution in [2.24, 2.45) is 0 Å². The molecule has 2 rings (SSSR count). The molecule has 0 unspecified atom stereocenters. The van der Waals surface area contributed by atoms with Crippen LogP contribution >= 0.6 is 0 Å². The zero-order valence-corrected chi connectivity index (χ0v) is 12.2. The van der Waals surface area contributed by atoms with Crippen LogP contribution in [0.15, 0.2) is 18.2 Å². The number of alkyl halides is 1. The molecule has 0 bridgehead atoms. The summed E-state index contributed by atoms with van der Waals surface area (Å²) in [5, 5.41) is 0. The zero-order valence-electron chi connectivity index (χ0n) is 11.4. The van der Waals surface area contributed by atoms with Gasteiger partial charge in [-0.15, -0.1) is 0 Å². The number of nitrogens with zero attached hydrogens (tertiary/aromatic N) is 1. The molecule has 0 aromatic heterocycles. The second-order valence-electron chi connectivity index (χ2n) is 5.46. The highest BCUT2D eigenvalue weighted by atomic mass is 32.3. The molecule has 0 N–H and O–H groups in total. The van der Waals surface area contributed by atoms with Crippen LogP contribution in [0.2, 0.25) is 0 Å². The molecule has 1 heterocycles. The molecular weight excluding hydrogens is 288 g/mol. The Morgan fingerprint density at radius 1 is 1.35 bits per heavy atom. The topological polar surface area (TPSA) is 46.6 Å². The van der Waals surface area contributed by atoms with Crippen molar-refractivity contribution in [1.29, 1.82) is 0 Å². The predicted octanol–water partition coefficient (Wildman–Crippen LogP) is 2.39. The van der Waals surface area contributed by atoms with E-state index in [9.17, 15) is 16.7 Å². The number of halogens is 2. The third-order valence-corrected chi connectivity index (χ3v) is 3.97. The van der Waals surface area contributed by atoms with Gasteiger partial charge >= 0.3 is 10.4 Å². The molecule has 0 saturated heterocycles. The molecule has 0 saturated carbocycles. The van der Waals surface area contributed by atoms with Crippen molar-refractivity contribution < 1.29 is 21.4 Å². The van der Waals surface area contributed by atoms with E-state index in [4.69, 9.17) is 4.74 Å². The Bertz CT molecular complexity index is 596. The Morgan fingerprint density at radius 3 is 2.65 bits per heavy atom. The summed E-state index contributed by atoms with van der Waals surface area (Å²) in [7, 11) is -4.66. The highest BCUT2D eigenvalue weighted by Gasteiger charge is 2.26. The molecule has 0 fully saturated rings. The van der Waals surface area contributed by atoms with E-state index < -0.39 is 16.1 Å². The van der Waals surface area contributed by atoms with E-state index >= 15 is 0 Å². The van der Waals surface area contributed by atoms with Crippen LogP contribution in [0.3, 0.4) is 0 Å². The molecule has 0 amide bonds. The minimum atomic E-state index is -4.66. The van der Waals surface area contributed by atoms with Gasteiger partial charge in [0, 0.05) is 13.1 Å². The largest absolute Gasteiger partial charge is 0.490 e. The molecule has 1 aliphatic rings. The molecule has 7 heteroatoms. The fraction of sp³-hybridized carbons (Fsp3) is 0.538. The fourth-order valence-electron chi connectivity index (χ4n) is 2.03. The van der Waals surface area contributed by atoms with Gasteiger partial charge in [0.2, 0.25) is 0 Å². The third-order valence-electron chi connectivity index (χ3n) is 3.05. The third kappa shape index (κ3) is 3.89. The molecular formula is C13H17F2NO3S. The van der Waals surface area contributed by atoms with Crippen molar-refractivity contribution in [3.63, 3.8) is 0 Å². The lowest BCUT2D eigenvalue weighted by molar-refractivity contribution is 0.120. The SMILES string of the molecule is CC(C)(F)COc1ccc2c(c1)CCN(S(=O)(=O)F)C2. The summed E-state index contributed by atoms with van der Waals surface area (Å²) in [6.07, 6.45) is 0.411. The molecule has 1 aromatic rings. The Labute approximate surface area is 117 Å². The van der Waals surface area contributed by atoms with Gasteiger partial charge in [-0.1, -0.05) is 9.95 Å². The smallest absolute Gasteiger partial charge is 0.375 e. The average molecular weight is 305 g/mol. The normalized spacial score (nSPS) is 16.8. The Balaban J connectivity index is 2.11. The molecule has 1 aromatic carbocycles. The minimum absolute atomic E-state index is 0.0169. The summed E-state index contributed by atoms with van der Waals surface area (Å²) in [6, 6.07) is 5.08. The van der Waals surface area contributed by atoms with Crippen molar-refractivity contribution in [2.75, 3.05) is 13.2 Å². The molecule has 4 nitrogen and oxygen atoms in total. The summed E-state index contributed by atoms with van der Waals surface area (Å²) in [6.45, 7) is 2.91. The average Bonchev–Trinajstić information content (AvgIpc) is 2.33. The lowest BCUT2D eigenvalue weighted by Crippen LogP contribution is -2.33. The van der Waals surface area contributed by atoms with E-state index in [0.717, 1.165) is 15.4 Å². The van der Waals surface area contributed by atoms with E-state index in [1.807, 2.05) is 0 Å². The minimum Gasteiger partial charge on any atom is -0.490 e. The molecule has 1 aliphatic heterocycles. The summed E-state index contributed by atoms with van der Waals surface area (Å²) in [4.78, 5) is 0. The lowest BCUT2D eigenvalue weighted by atomic mass is 10.0. The highest BCUT2D eigenvalue weighted by Crippen LogP contribution is 2.26. The Kier molecular flexibility index (Phi) is 4.02. The standard InChI is InChI=1S/C13H17F2NO3S/c1-13(2,14)9-19-12-4-3-11-8-16(20(15,17)18)6-5-10(11)7-12/h3-4,7H,5-6,8-9H2,1-2H3. The van der Waals surface area contributed by atoms with Crippen molar-refractivity contribution in [2.45, 2.75) is 32.5 Å². The van der Waals surface area contributed by atoms with Crippen LogP contribution in [0, 0.1) is 0 Å². The summed E-state index contributed by atoms with van der Waals surface area (Å²) in [5.41, 5.74) is 0.220. The number of hydrogen-bond donors (Lipinski definition) is 0. The molecule has 0 atom stereocenters. The summed E-state index contributed by atoms with van der Waals surface area (Å²) >= 11 is 0. The number of hydrogen-bond acceptors (Lipinski definition) is 3. The van der Waals surface area contributed by atoms with E-state index in [1.165, 1.54) is 13.8 Å². The monoisotopic (exact) mass is 305 g/mol. The zero-order chi connectivity index (χ0) is 15.0. The molecule has 112 valence electrons. The van der Waals surface area contributed by atoms with E-state index in [-0.39, 0.29) is 19.7 Å². The van der Waals surface area contributed by atoms with Gasteiger partial charge < -0.3 is 4.74 Å². The Morgan fingerprint density at radius 2 is 2.05 bits per heavy atom. The second kappa shape index (κ2) is 5.29. The van der Waals surface area contributed by atoms with Crippen molar-refractivity contribution in [3.05, 3.63) is 29.3 Å². The highest BCUT2D eigenvalue weighted by molar-refractivity contribution is 7.83. The lowest BCUT2D eigenvalue weighted by Gasteiger charge is -2.25. The number of rotatable bonds is 4. The van der Waals surface area contributed by atoms with Crippen LogP contribution in [0.4, 0.5) is 8.28 Å². The maximum atomic E-state index is 13.4. The van der Waals surface area contributed by atoms with Crippen molar-refractivity contribution in [3.8, 4) is 5.75 Å². The van der Waals surface area contributed by atoms with Crippen molar-refractivity contribution in [1.82, 2.24) is 4.31 Å². The first-order chi connectivity index (χ1) is 9.15. The van der Waals surface area contributed by atoms with E-state index in [2.05, 4.69) is 0 Å². The first-order valence-electron chi connectivity index (χ1n) is 6.28. The van der Waals surface area contributed by atoms with Gasteiger partial charge in [-0.25, -0.2) is 4.39 Å². The number of ether oxygens (including phenoxy) is 1. The van der Waals surface area contributed by atoms with Gasteiger partial charge in [-0.3, -0.25) is 0 Å². The van der Waals surface area contributed by atoms with Gasteiger partial charge in [0.15, 0.2) is 0 Å². The summed E-state index contributed by atoms with van der Waals surface area (Å²) < 4.78 is 54.2. The van der Waals surface area contributed by atoms with Crippen molar-refractivity contribution >= 4 is 10.4 Å². The van der Waals surface area contributed by atoms with Crippen LogP contribution in [-0.4, -0.2) is 31.5 Å². The van der Waals surface area contributed by atoms with Crippen LogP contribution in [0.25, 0.3) is 0 Å². The quantitative estimate of drug-likeness (QED) is 0.802. The fourth-order valence-corrected chi connectivity index (χ4v) is 2.64. The van der Waals surface area contributed by atoms with E-state index in [0.29, 0.717) is 12.2 Å². The van der Waals surface area contributed by atoms with Gasteiger partial charge in [-0.2, -0.15) is 12.7 Å². The molecule has 0 spiro atoms. The van der Waals surface area contributed by atoms with Gasteiger partial charge in [0.25, 0.3) is 0 Å². The number of benzene rings is 1. The van der Waals surface area contributed by atoms with Gasteiger partial charge in [0.05, 0.1) is 0 Å². The van der Waals surface area contributed by atoms with Crippen LogP contribution in [0.1, 0.15) is 25.0 Å². The van der Waals surface area contributed by atoms with Gasteiger partial charge in [-0.05, 0) is 43.5 Å². The molecule has 0 radical (unpaired) electrons. The van der Waals surface area contributed by atoms with E-state index in [1.54, 1.807) is 18.2 Å².